The topological polar surface area (TPSA) is 49.8 Å². The van der Waals surface area contributed by atoms with Crippen LogP contribution in [0.25, 0.3) is 0 Å². The van der Waals surface area contributed by atoms with Crippen LogP contribution < -0.4 is 4.74 Å². The van der Waals surface area contributed by atoms with Crippen molar-refractivity contribution in [1.82, 2.24) is 4.90 Å². The fourth-order valence-electron chi connectivity index (χ4n) is 3.01. The molecule has 1 aliphatic heterocycles. The van der Waals surface area contributed by atoms with Crippen molar-refractivity contribution in [3.8, 4) is 5.75 Å². The first kappa shape index (κ1) is 15.8. The molecule has 0 bridgehead atoms. The van der Waals surface area contributed by atoms with Gasteiger partial charge in [-0.2, -0.15) is 0 Å². The standard InChI is InChI=1S/C17H25NO3/c1-13-10-14(2)12-15(11-13)21-9-5-8-18-7-4-3-6-16(18)17(19)20/h10-12,16H,3-9H2,1-2H3,(H,19,20). The quantitative estimate of drug-likeness (QED) is 0.819. The number of hydrogen-bond donors (Lipinski definition) is 1. The van der Waals surface area contributed by atoms with E-state index in [1.807, 2.05) is 12.1 Å². The highest BCUT2D eigenvalue weighted by Gasteiger charge is 2.27. The summed E-state index contributed by atoms with van der Waals surface area (Å²) in [6.07, 6.45) is 3.75. The summed E-state index contributed by atoms with van der Waals surface area (Å²) in [6, 6.07) is 5.89. The van der Waals surface area contributed by atoms with Crippen LogP contribution in [0.5, 0.6) is 5.75 Å². The van der Waals surface area contributed by atoms with Gasteiger partial charge >= 0.3 is 5.97 Å². The zero-order valence-electron chi connectivity index (χ0n) is 13.0. The van der Waals surface area contributed by atoms with E-state index in [1.165, 1.54) is 11.1 Å². The van der Waals surface area contributed by atoms with Crippen molar-refractivity contribution in [2.45, 2.75) is 45.6 Å². The molecule has 1 aliphatic rings. The Hall–Kier alpha value is -1.55. The van der Waals surface area contributed by atoms with E-state index in [-0.39, 0.29) is 6.04 Å². The summed E-state index contributed by atoms with van der Waals surface area (Å²) in [5.74, 6) is 0.214. The third-order valence-electron chi connectivity index (χ3n) is 3.95. The Morgan fingerprint density at radius 2 is 2.00 bits per heavy atom. The molecule has 1 aromatic rings. The first-order valence-electron chi connectivity index (χ1n) is 7.74. The van der Waals surface area contributed by atoms with Crippen LogP contribution in [-0.4, -0.2) is 41.7 Å². The number of nitrogens with zero attached hydrogens (tertiary/aromatic N) is 1. The third-order valence-corrected chi connectivity index (χ3v) is 3.95. The van der Waals surface area contributed by atoms with E-state index in [2.05, 4.69) is 24.8 Å². The molecule has 1 aromatic carbocycles. The smallest absolute Gasteiger partial charge is 0.320 e. The molecule has 0 amide bonds. The van der Waals surface area contributed by atoms with Crippen LogP contribution in [0, 0.1) is 13.8 Å². The van der Waals surface area contributed by atoms with E-state index in [1.54, 1.807) is 0 Å². The molecular formula is C17H25NO3. The van der Waals surface area contributed by atoms with Crippen LogP contribution in [0.3, 0.4) is 0 Å². The van der Waals surface area contributed by atoms with Crippen LogP contribution in [0.4, 0.5) is 0 Å². The molecule has 1 N–H and O–H groups in total. The van der Waals surface area contributed by atoms with Gasteiger partial charge in [0.15, 0.2) is 0 Å². The van der Waals surface area contributed by atoms with Crippen LogP contribution in [0.15, 0.2) is 18.2 Å². The monoisotopic (exact) mass is 291 g/mol. The minimum atomic E-state index is -0.690. The summed E-state index contributed by atoms with van der Waals surface area (Å²) < 4.78 is 5.78. The molecule has 4 heteroatoms. The van der Waals surface area contributed by atoms with Gasteiger partial charge in [0.1, 0.15) is 11.8 Å². The van der Waals surface area contributed by atoms with Gasteiger partial charge in [-0.15, -0.1) is 0 Å². The number of carboxylic acids is 1. The first-order chi connectivity index (χ1) is 10.1. The van der Waals surface area contributed by atoms with Gasteiger partial charge in [-0.25, -0.2) is 0 Å². The molecule has 1 atom stereocenters. The van der Waals surface area contributed by atoms with E-state index in [4.69, 9.17) is 4.74 Å². The highest BCUT2D eigenvalue weighted by Crippen LogP contribution is 2.18. The maximum Gasteiger partial charge on any atom is 0.320 e. The van der Waals surface area contributed by atoms with Gasteiger partial charge in [-0.05, 0) is 62.9 Å². The summed E-state index contributed by atoms with van der Waals surface area (Å²) in [6.45, 7) is 6.43. The van der Waals surface area contributed by atoms with Gasteiger partial charge in [-0.3, -0.25) is 9.69 Å². The number of carboxylic acid groups (broad SMARTS) is 1. The number of aryl methyl sites for hydroxylation is 2. The van der Waals surface area contributed by atoms with Crippen LogP contribution >= 0.6 is 0 Å². The molecule has 116 valence electrons. The number of ether oxygens (including phenoxy) is 1. The van der Waals surface area contributed by atoms with Gasteiger partial charge in [0, 0.05) is 6.54 Å². The first-order valence-corrected chi connectivity index (χ1v) is 7.74. The molecule has 0 aromatic heterocycles. The van der Waals surface area contributed by atoms with Crippen LogP contribution in [0.2, 0.25) is 0 Å². The molecule has 1 saturated heterocycles. The molecule has 1 fully saturated rings. The Bertz CT molecular complexity index is 467. The average molecular weight is 291 g/mol. The van der Waals surface area contributed by atoms with Crippen molar-refractivity contribution in [2.24, 2.45) is 0 Å². The second-order valence-electron chi connectivity index (χ2n) is 5.91. The number of likely N-dealkylation sites (tertiary alicyclic amines) is 1. The Balaban J connectivity index is 1.77. The zero-order chi connectivity index (χ0) is 15.2. The fourth-order valence-corrected chi connectivity index (χ4v) is 3.01. The Morgan fingerprint density at radius 1 is 1.29 bits per heavy atom. The molecule has 0 aliphatic carbocycles. The summed E-state index contributed by atoms with van der Waals surface area (Å²) in [4.78, 5) is 13.3. The largest absolute Gasteiger partial charge is 0.494 e. The number of hydrogen-bond acceptors (Lipinski definition) is 3. The van der Waals surface area contributed by atoms with Gasteiger partial charge in [-0.1, -0.05) is 12.5 Å². The second-order valence-corrected chi connectivity index (χ2v) is 5.91. The second kappa shape index (κ2) is 7.46. The maximum atomic E-state index is 11.2. The highest BCUT2D eigenvalue weighted by molar-refractivity contribution is 5.73. The third kappa shape index (κ3) is 4.74. The molecule has 0 saturated carbocycles. The molecule has 2 rings (SSSR count). The van der Waals surface area contributed by atoms with Crippen molar-refractivity contribution in [3.63, 3.8) is 0 Å². The Kier molecular flexibility index (Phi) is 5.62. The van der Waals surface area contributed by atoms with Gasteiger partial charge in [0.2, 0.25) is 0 Å². The molecule has 4 nitrogen and oxygen atoms in total. The lowest BCUT2D eigenvalue weighted by Crippen LogP contribution is -2.45. The summed E-state index contributed by atoms with van der Waals surface area (Å²) >= 11 is 0. The molecule has 0 spiro atoms. The molecule has 1 heterocycles. The van der Waals surface area contributed by atoms with Gasteiger partial charge in [0.25, 0.3) is 0 Å². The molecular weight excluding hydrogens is 266 g/mol. The number of rotatable bonds is 6. The normalized spacial score (nSPS) is 19.4. The predicted octanol–water partition coefficient (Wildman–Crippen LogP) is 3.01. The molecule has 21 heavy (non-hydrogen) atoms. The number of benzene rings is 1. The SMILES string of the molecule is Cc1cc(C)cc(OCCCN2CCCCC2C(=O)O)c1. The van der Waals surface area contributed by atoms with Gasteiger partial charge < -0.3 is 9.84 Å². The zero-order valence-corrected chi connectivity index (χ0v) is 13.0. The number of carbonyl (C=O) groups is 1. The van der Waals surface area contributed by atoms with Crippen molar-refractivity contribution in [2.75, 3.05) is 19.7 Å². The molecule has 1 unspecified atom stereocenters. The van der Waals surface area contributed by atoms with Gasteiger partial charge in [0.05, 0.1) is 6.61 Å². The van der Waals surface area contributed by atoms with E-state index in [9.17, 15) is 9.90 Å². The predicted molar refractivity (Wildman–Crippen MR) is 82.9 cm³/mol. The molecule has 0 radical (unpaired) electrons. The Labute approximate surface area is 126 Å². The van der Waals surface area contributed by atoms with Crippen molar-refractivity contribution >= 4 is 5.97 Å². The lowest BCUT2D eigenvalue weighted by atomic mass is 10.0. The highest BCUT2D eigenvalue weighted by atomic mass is 16.5. The van der Waals surface area contributed by atoms with Crippen molar-refractivity contribution < 1.29 is 14.6 Å². The van der Waals surface area contributed by atoms with E-state index in [0.717, 1.165) is 44.5 Å². The summed E-state index contributed by atoms with van der Waals surface area (Å²) in [5, 5.41) is 9.23. The fraction of sp³-hybridized carbons (Fsp3) is 0.588. The van der Waals surface area contributed by atoms with E-state index in [0.29, 0.717) is 6.61 Å². The summed E-state index contributed by atoms with van der Waals surface area (Å²) in [5.41, 5.74) is 2.40. The van der Waals surface area contributed by atoms with Crippen molar-refractivity contribution in [3.05, 3.63) is 29.3 Å². The lowest BCUT2D eigenvalue weighted by Gasteiger charge is -2.32. The van der Waals surface area contributed by atoms with Crippen molar-refractivity contribution in [1.29, 1.82) is 0 Å². The van der Waals surface area contributed by atoms with Crippen LogP contribution in [-0.2, 0) is 4.79 Å². The lowest BCUT2D eigenvalue weighted by molar-refractivity contribution is -0.144. The van der Waals surface area contributed by atoms with Crippen LogP contribution in [0.1, 0.15) is 36.8 Å². The van der Waals surface area contributed by atoms with E-state index < -0.39 is 5.97 Å². The number of aliphatic carboxylic acids is 1. The van der Waals surface area contributed by atoms with E-state index >= 15 is 0 Å². The maximum absolute atomic E-state index is 11.2. The Morgan fingerprint density at radius 3 is 2.67 bits per heavy atom. The minimum Gasteiger partial charge on any atom is -0.494 e. The number of piperidine rings is 1. The minimum absolute atomic E-state index is 0.306. The summed E-state index contributed by atoms with van der Waals surface area (Å²) in [7, 11) is 0. The average Bonchev–Trinajstić information content (AvgIpc) is 2.43.